The molecule has 12 heavy (non-hydrogen) atoms. The number of hydrogen-bond acceptors (Lipinski definition) is 0. The van der Waals surface area contributed by atoms with Crippen LogP contribution in [0.5, 0.6) is 0 Å². The molecule has 0 amide bonds. The third kappa shape index (κ3) is 4.58. The van der Waals surface area contributed by atoms with Gasteiger partial charge in [0.05, 0.1) is 27.7 Å². The van der Waals surface area contributed by atoms with Gasteiger partial charge in [-0.2, -0.15) is 0 Å². The molecule has 1 rings (SSSR count). The third-order valence-electron chi connectivity index (χ3n) is 1.95. The van der Waals surface area contributed by atoms with Crippen molar-refractivity contribution in [1.82, 2.24) is 0 Å². The van der Waals surface area contributed by atoms with Gasteiger partial charge in [-0.05, 0) is 6.42 Å². The Morgan fingerprint density at radius 2 is 2.00 bits per heavy atom. The Morgan fingerprint density at radius 3 is 2.42 bits per heavy atom. The molecule has 2 heteroatoms. The van der Waals surface area contributed by atoms with Crippen molar-refractivity contribution >= 4 is 0 Å². The minimum Gasteiger partial charge on any atom is -1.00 e. The van der Waals surface area contributed by atoms with E-state index in [9.17, 15) is 0 Å². The van der Waals surface area contributed by atoms with Crippen LogP contribution in [0.15, 0.2) is 23.8 Å². The smallest absolute Gasteiger partial charge is 0.0818 e. The van der Waals surface area contributed by atoms with E-state index in [1.807, 2.05) is 0 Å². The van der Waals surface area contributed by atoms with E-state index in [2.05, 4.69) is 39.4 Å². The van der Waals surface area contributed by atoms with Gasteiger partial charge < -0.3 is 16.9 Å². The molecule has 70 valence electrons. The van der Waals surface area contributed by atoms with Crippen molar-refractivity contribution < 1.29 is 16.9 Å². The third-order valence-corrected chi connectivity index (χ3v) is 1.95. The molecule has 1 aliphatic carbocycles. The van der Waals surface area contributed by atoms with Crippen LogP contribution in [-0.2, 0) is 0 Å². The monoisotopic (exact) mass is 187 g/mol. The topological polar surface area (TPSA) is 0 Å². The first-order chi connectivity index (χ1) is 5.08. The Balaban J connectivity index is 0.00000121. The van der Waals surface area contributed by atoms with Gasteiger partial charge in [0, 0.05) is 6.42 Å². The Bertz CT molecular complexity index is 187. The lowest BCUT2D eigenvalue weighted by atomic mass is 10.1. The van der Waals surface area contributed by atoms with E-state index in [0.717, 1.165) is 4.48 Å². The summed E-state index contributed by atoms with van der Waals surface area (Å²) < 4.78 is 1.07. The number of nitrogens with zero attached hydrogens (tertiary/aromatic N) is 1. The van der Waals surface area contributed by atoms with Crippen molar-refractivity contribution in [2.45, 2.75) is 12.8 Å². The lowest BCUT2D eigenvalue weighted by Gasteiger charge is -2.23. The lowest BCUT2D eigenvalue weighted by Crippen LogP contribution is -3.00. The van der Waals surface area contributed by atoms with E-state index in [-0.39, 0.29) is 12.4 Å². The molecule has 1 aliphatic rings. The number of hydrogen-bond donors (Lipinski definition) is 0. The van der Waals surface area contributed by atoms with Crippen molar-refractivity contribution in [1.29, 1.82) is 0 Å². The van der Waals surface area contributed by atoms with E-state index < -0.39 is 0 Å². The fourth-order valence-corrected chi connectivity index (χ4v) is 1.16. The van der Waals surface area contributed by atoms with Gasteiger partial charge in [0.1, 0.15) is 0 Å². The molecule has 0 aromatic carbocycles. The van der Waals surface area contributed by atoms with Crippen LogP contribution in [0, 0.1) is 0 Å². The normalized spacial score (nSPS) is 15.8. The fourth-order valence-electron chi connectivity index (χ4n) is 1.16. The van der Waals surface area contributed by atoms with E-state index in [1.54, 1.807) is 5.57 Å². The summed E-state index contributed by atoms with van der Waals surface area (Å²) >= 11 is 0. The second-order valence-corrected chi connectivity index (χ2v) is 4.22. The summed E-state index contributed by atoms with van der Waals surface area (Å²) in [5.41, 5.74) is 1.58. The summed E-state index contributed by atoms with van der Waals surface area (Å²) in [4.78, 5) is 0. The predicted molar refractivity (Wildman–Crippen MR) is 49.4 cm³/mol. The molecule has 0 aromatic rings. The van der Waals surface area contributed by atoms with Crippen LogP contribution in [0.2, 0.25) is 0 Å². The highest BCUT2D eigenvalue weighted by atomic mass is 35.5. The number of halogens is 1. The fraction of sp³-hybridized carbons (Fsp3) is 0.600. The minimum atomic E-state index is 0. The van der Waals surface area contributed by atoms with Crippen molar-refractivity contribution in [3.63, 3.8) is 0 Å². The first-order valence-electron chi connectivity index (χ1n) is 4.23. The highest BCUT2D eigenvalue weighted by molar-refractivity contribution is 5.22. The maximum atomic E-state index is 2.25. The highest BCUT2D eigenvalue weighted by Crippen LogP contribution is 2.14. The maximum Gasteiger partial charge on any atom is 0.0818 e. The van der Waals surface area contributed by atoms with Gasteiger partial charge in [0.25, 0.3) is 0 Å². The van der Waals surface area contributed by atoms with Gasteiger partial charge in [-0.15, -0.1) is 0 Å². The zero-order valence-corrected chi connectivity index (χ0v) is 8.93. The van der Waals surface area contributed by atoms with Crippen LogP contribution < -0.4 is 12.4 Å². The van der Waals surface area contributed by atoms with Crippen molar-refractivity contribution in [2.75, 3.05) is 27.7 Å². The highest BCUT2D eigenvalue weighted by Gasteiger charge is 2.08. The molecule has 0 fully saturated rings. The second-order valence-electron chi connectivity index (χ2n) is 4.22. The standard InChI is InChI=1S/C10H18N.ClH/c1-11(2,3)9-8-10-6-4-5-7-10;/h4-6H,7-9H2,1-3H3;1H/q+1;/p-1. The quantitative estimate of drug-likeness (QED) is 0.496. The van der Waals surface area contributed by atoms with Gasteiger partial charge >= 0.3 is 0 Å². The molecule has 0 spiro atoms. The Hall–Kier alpha value is -0.270. The summed E-state index contributed by atoms with van der Waals surface area (Å²) in [5, 5.41) is 0. The second kappa shape index (κ2) is 4.68. The molecule has 0 saturated carbocycles. The Labute approximate surface area is 81.8 Å². The van der Waals surface area contributed by atoms with E-state index >= 15 is 0 Å². The SMILES string of the molecule is C[N+](C)(C)CCC1=CC=CC1.[Cl-]. The van der Waals surface area contributed by atoms with Crippen LogP contribution in [0.4, 0.5) is 0 Å². The summed E-state index contributed by atoms with van der Waals surface area (Å²) in [6.07, 6.45) is 9.06. The van der Waals surface area contributed by atoms with Gasteiger partial charge in [-0.25, -0.2) is 0 Å². The van der Waals surface area contributed by atoms with Gasteiger partial charge in [0.15, 0.2) is 0 Å². The molecule has 0 atom stereocenters. The predicted octanol–water partition coefficient (Wildman–Crippen LogP) is -1.03. The van der Waals surface area contributed by atoms with Crippen LogP contribution >= 0.6 is 0 Å². The van der Waals surface area contributed by atoms with Crippen molar-refractivity contribution in [3.8, 4) is 0 Å². The molecule has 0 aromatic heterocycles. The molecule has 0 radical (unpaired) electrons. The Morgan fingerprint density at radius 1 is 1.33 bits per heavy atom. The Kier molecular flexibility index (Phi) is 4.58. The van der Waals surface area contributed by atoms with E-state index in [1.165, 1.54) is 19.4 Å². The minimum absolute atomic E-state index is 0. The van der Waals surface area contributed by atoms with Crippen LogP contribution in [0.1, 0.15) is 12.8 Å². The molecule has 0 aliphatic heterocycles. The zero-order valence-electron chi connectivity index (χ0n) is 8.18. The number of quaternary nitrogens is 1. The summed E-state index contributed by atoms with van der Waals surface area (Å²) in [6.45, 7) is 1.24. The first kappa shape index (κ1) is 11.7. The van der Waals surface area contributed by atoms with Crippen molar-refractivity contribution in [3.05, 3.63) is 23.8 Å². The largest absolute Gasteiger partial charge is 1.00 e. The molecule has 1 nitrogen and oxygen atoms in total. The molecular formula is C10H18ClN. The van der Waals surface area contributed by atoms with Gasteiger partial charge in [-0.1, -0.05) is 23.8 Å². The van der Waals surface area contributed by atoms with Crippen LogP contribution in [0.25, 0.3) is 0 Å². The van der Waals surface area contributed by atoms with Crippen LogP contribution in [0.3, 0.4) is 0 Å². The van der Waals surface area contributed by atoms with Gasteiger partial charge in [0.2, 0.25) is 0 Å². The molecule has 0 saturated heterocycles. The van der Waals surface area contributed by atoms with Gasteiger partial charge in [-0.3, -0.25) is 0 Å². The summed E-state index contributed by atoms with van der Waals surface area (Å²) in [5.74, 6) is 0. The number of rotatable bonds is 3. The zero-order chi connectivity index (χ0) is 8.32. The molecule has 0 N–H and O–H groups in total. The maximum absolute atomic E-state index is 2.25. The first-order valence-corrected chi connectivity index (χ1v) is 4.23. The number of allylic oxidation sites excluding steroid dienone is 3. The van der Waals surface area contributed by atoms with E-state index in [0.29, 0.717) is 0 Å². The molecular weight excluding hydrogens is 170 g/mol. The summed E-state index contributed by atoms with van der Waals surface area (Å²) in [6, 6.07) is 0. The average molecular weight is 188 g/mol. The molecule has 0 heterocycles. The average Bonchev–Trinajstić information content (AvgIpc) is 2.32. The molecule has 0 unspecified atom stereocenters. The van der Waals surface area contributed by atoms with Crippen LogP contribution in [-0.4, -0.2) is 32.2 Å². The lowest BCUT2D eigenvalue weighted by molar-refractivity contribution is -0.870. The van der Waals surface area contributed by atoms with E-state index in [4.69, 9.17) is 0 Å². The molecule has 0 bridgehead atoms. The summed E-state index contributed by atoms with van der Waals surface area (Å²) in [7, 11) is 6.72. The van der Waals surface area contributed by atoms with Crippen molar-refractivity contribution in [2.24, 2.45) is 0 Å².